The highest BCUT2D eigenvalue weighted by Gasteiger charge is 2.27. The molecule has 0 bridgehead atoms. The Morgan fingerprint density at radius 3 is 2.67 bits per heavy atom. The second-order valence-corrected chi connectivity index (χ2v) is 6.55. The average molecular weight is 415 g/mol. The molecule has 30 heavy (non-hydrogen) atoms. The summed E-state index contributed by atoms with van der Waals surface area (Å²) in [6.45, 7) is -1.38. The van der Waals surface area contributed by atoms with E-state index in [2.05, 4.69) is 25.6 Å². The Labute approximate surface area is 168 Å². The fourth-order valence-corrected chi connectivity index (χ4v) is 2.82. The molecule has 0 aliphatic carbocycles. The van der Waals surface area contributed by atoms with Crippen molar-refractivity contribution in [3.63, 3.8) is 0 Å². The first kappa shape index (κ1) is 19.4. The van der Waals surface area contributed by atoms with Gasteiger partial charge in [0.25, 0.3) is 5.91 Å². The van der Waals surface area contributed by atoms with Crippen LogP contribution in [0.25, 0.3) is 22.3 Å². The summed E-state index contributed by atoms with van der Waals surface area (Å²) < 4.78 is 38.3. The summed E-state index contributed by atoms with van der Waals surface area (Å²) in [5.41, 5.74) is 2.46. The third-order valence-electron chi connectivity index (χ3n) is 4.31. The van der Waals surface area contributed by atoms with E-state index in [9.17, 15) is 18.0 Å². The van der Waals surface area contributed by atoms with Gasteiger partial charge in [0.1, 0.15) is 6.54 Å². The number of aromatic amines is 1. The lowest BCUT2D eigenvalue weighted by molar-refractivity contribution is -0.123. The maximum atomic E-state index is 12.2. The van der Waals surface area contributed by atoms with Crippen molar-refractivity contribution >= 4 is 28.4 Å². The van der Waals surface area contributed by atoms with Gasteiger partial charge in [-0.3, -0.25) is 9.89 Å². The Morgan fingerprint density at radius 2 is 1.93 bits per heavy atom. The number of nitrogens with one attached hydrogen (secondary N) is 3. The molecule has 0 fully saturated rings. The summed E-state index contributed by atoms with van der Waals surface area (Å²) in [7, 11) is 1.73. The number of benzene rings is 2. The van der Waals surface area contributed by atoms with E-state index in [-0.39, 0.29) is 5.56 Å². The van der Waals surface area contributed by atoms with Gasteiger partial charge in [0.05, 0.1) is 11.7 Å². The second kappa shape index (κ2) is 7.50. The first-order chi connectivity index (χ1) is 14.3. The molecular weight excluding hydrogens is 399 g/mol. The third-order valence-corrected chi connectivity index (χ3v) is 4.31. The molecular formula is C19H16F3N7O. The van der Waals surface area contributed by atoms with Crippen LogP contribution in [0.3, 0.4) is 0 Å². The van der Waals surface area contributed by atoms with Crippen LogP contribution in [0.2, 0.25) is 0 Å². The molecule has 4 rings (SSSR count). The maximum absolute atomic E-state index is 12.2. The second-order valence-electron chi connectivity index (χ2n) is 6.55. The summed E-state index contributed by atoms with van der Waals surface area (Å²) in [4.78, 5) is 16.3. The van der Waals surface area contributed by atoms with Crippen molar-refractivity contribution in [3.8, 4) is 11.4 Å². The van der Waals surface area contributed by atoms with Crippen LogP contribution in [0.1, 0.15) is 10.4 Å². The molecule has 11 heteroatoms. The predicted octanol–water partition coefficient (Wildman–Crippen LogP) is 3.39. The number of fused-ring (bicyclic) bond motifs is 1. The molecule has 8 nitrogen and oxygen atoms in total. The van der Waals surface area contributed by atoms with Gasteiger partial charge in [0.15, 0.2) is 5.82 Å². The van der Waals surface area contributed by atoms with Crippen LogP contribution in [0.5, 0.6) is 0 Å². The summed E-state index contributed by atoms with van der Waals surface area (Å²) in [6, 6.07) is 11.7. The Kier molecular flexibility index (Phi) is 4.86. The molecule has 2 heterocycles. The van der Waals surface area contributed by atoms with Crippen molar-refractivity contribution in [2.75, 3.05) is 11.9 Å². The van der Waals surface area contributed by atoms with Gasteiger partial charge in [-0.25, -0.2) is 4.68 Å². The van der Waals surface area contributed by atoms with Gasteiger partial charge in [-0.05, 0) is 30.3 Å². The fraction of sp³-hybridized carbons (Fsp3) is 0.158. The van der Waals surface area contributed by atoms with Gasteiger partial charge < -0.3 is 10.6 Å². The smallest absolute Gasteiger partial charge is 0.343 e. The zero-order valence-corrected chi connectivity index (χ0v) is 15.7. The van der Waals surface area contributed by atoms with Crippen molar-refractivity contribution in [1.82, 2.24) is 30.3 Å². The van der Waals surface area contributed by atoms with E-state index in [0.29, 0.717) is 17.3 Å². The molecule has 0 saturated heterocycles. The Balaban J connectivity index is 1.49. The van der Waals surface area contributed by atoms with Crippen LogP contribution in [0.15, 0.2) is 48.7 Å². The SMILES string of the molecule is Cn1nc(-c2ccc(C(=O)NCC(F)(F)F)cc2)nc1Nc1ccc2[nH]ncc2c1. The van der Waals surface area contributed by atoms with Crippen molar-refractivity contribution in [1.29, 1.82) is 0 Å². The molecule has 3 N–H and O–H groups in total. The molecule has 0 spiro atoms. The number of carbonyl (C=O) groups is 1. The number of carbonyl (C=O) groups excluding carboxylic acids is 1. The monoisotopic (exact) mass is 415 g/mol. The van der Waals surface area contributed by atoms with Crippen molar-refractivity contribution in [3.05, 3.63) is 54.2 Å². The van der Waals surface area contributed by atoms with E-state index in [0.717, 1.165) is 16.6 Å². The van der Waals surface area contributed by atoms with E-state index in [1.165, 1.54) is 12.1 Å². The minimum atomic E-state index is -4.46. The lowest BCUT2D eigenvalue weighted by atomic mass is 10.1. The van der Waals surface area contributed by atoms with Crippen LogP contribution in [-0.2, 0) is 7.05 Å². The van der Waals surface area contributed by atoms with Gasteiger partial charge >= 0.3 is 6.18 Å². The topological polar surface area (TPSA) is 101 Å². The summed E-state index contributed by atoms with van der Waals surface area (Å²) >= 11 is 0. The number of halogens is 3. The maximum Gasteiger partial charge on any atom is 0.405 e. The van der Waals surface area contributed by atoms with Crippen LogP contribution >= 0.6 is 0 Å². The van der Waals surface area contributed by atoms with Gasteiger partial charge in [-0.1, -0.05) is 12.1 Å². The van der Waals surface area contributed by atoms with Gasteiger partial charge in [-0.2, -0.15) is 23.3 Å². The molecule has 0 saturated carbocycles. The normalized spacial score (nSPS) is 11.6. The quantitative estimate of drug-likeness (QED) is 0.464. The Bertz CT molecular complexity index is 1200. The number of aromatic nitrogens is 5. The Hall–Kier alpha value is -3.89. The van der Waals surface area contributed by atoms with Crippen molar-refractivity contribution in [2.45, 2.75) is 6.18 Å². The third kappa shape index (κ3) is 4.24. The summed E-state index contributed by atoms with van der Waals surface area (Å²) in [5, 5.41) is 17.2. The van der Waals surface area contributed by atoms with E-state index in [1.807, 2.05) is 23.5 Å². The lowest BCUT2D eigenvalue weighted by Gasteiger charge is -2.08. The number of nitrogens with zero attached hydrogens (tertiary/aromatic N) is 4. The minimum absolute atomic E-state index is 0.116. The molecule has 2 aromatic heterocycles. The van der Waals surface area contributed by atoms with Crippen molar-refractivity contribution in [2.24, 2.45) is 7.05 Å². The molecule has 0 atom stereocenters. The van der Waals surface area contributed by atoms with Crippen LogP contribution < -0.4 is 10.6 Å². The number of amides is 1. The molecule has 0 unspecified atom stereocenters. The largest absolute Gasteiger partial charge is 0.405 e. The number of H-pyrrole nitrogens is 1. The number of anilines is 2. The van der Waals surface area contributed by atoms with E-state index in [1.54, 1.807) is 30.1 Å². The highest BCUT2D eigenvalue weighted by molar-refractivity contribution is 5.94. The number of hydrogen-bond acceptors (Lipinski definition) is 5. The van der Waals surface area contributed by atoms with Gasteiger partial charge in [0, 0.05) is 29.2 Å². The molecule has 0 aliphatic heterocycles. The number of rotatable bonds is 5. The summed E-state index contributed by atoms with van der Waals surface area (Å²) in [6.07, 6.45) is -2.74. The zero-order chi connectivity index (χ0) is 21.3. The molecule has 0 aliphatic rings. The lowest BCUT2D eigenvalue weighted by Crippen LogP contribution is -2.33. The van der Waals surface area contributed by atoms with Gasteiger partial charge in [-0.15, -0.1) is 5.10 Å². The van der Waals surface area contributed by atoms with E-state index < -0.39 is 18.6 Å². The standard InChI is InChI=1S/C19H16F3N7O/c1-29-18(25-14-6-7-15-13(8-14)9-24-27-15)26-16(28-29)11-2-4-12(5-3-11)17(30)23-10-19(20,21)22/h2-9H,10H2,1H3,(H,23,30)(H,24,27)(H,25,26,28). The van der Waals surface area contributed by atoms with Crippen LogP contribution in [0.4, 0.5) is 24.8 Å². The zero-order valence-electron chi connectivity index (χ0n) is 15.7. The van der Waals surface area contributed by atoms with Crippen LogP contribution in [-0.4, -0.2) is 43.6 Å². The van der Waals surface area contributed by atoms with E-state index >= 15 is 0 Å². The number of alkyl halides is 3. The Morgan fingerprint density at radius 1 is 1.17 bits per heavy atom. The minimum Gasteiger partial charge on any atom is -0.343 e. The highest BCUT2D eigenvalue weighted by atomic mass is 19.4. The molecule has 4 aromatic rings. The molecule has 1 amide bonds. The first-order valence-corrected chi connectivity index (χ1v) is 8.85. The van der Waals surface area contributed by atoms with E-state index in [4.69, 9.17) is 0 Å². The highest BCUT2D eigenvalue weighted by Crippen LogP contribution is 2.23. The molecule has 0 radical (unpaired) electrons. The van der Waals surface area contributed by atoms with Crippen molar-refractivity contribution < 1.29 is 18.0 Å². The summed E-state index contributed by atoms with van der Waals surface area (Å²) in [5.74, 6) is 0.108. The predicted molar refractivity (Wildman–Crippen MR) is 104 cm³/mol. The fourth-order valence-electron chi connectivity index (χ4n) is 2.82. The molecule has 2 aromatic carbocycles. The molecule has 154 valence electrons. The first-order valence-electron chi connectivity index (χ1n) is 8.85. The average Bonchev–Trinajstić information content (AvgIpc) is 3.32. The van der Waals surface area contributed by atoms with Gasteiger partial charge in [0.2, 0.25) is 5.95 Å². The van der Waals surface area contributed by atoms with Crippen LogP contribution in [0, 0.1) is 0 Å². The number of aryl methyl sites for hydroxylation is 1. The number of hydrogen-bond donors (Lipinski definition) is 3.